The number of ether oxygens (including phenoxy) is 1. The summed E-state index contributed by atoms with van der Waals surface area (Å²) in [7, 11) is -3.64. The molecule has 0 radical (unpaired) electrons. The molecule has 0 aromatic heterocycles. The Kier molecular flexibility index (Phi) is 7.48. The zero-order valence-corrected chi connectivity index (χ0v) is 20.2. The number of rotatable bonds is 6. The van der Waals surface area contributed by atoms with E-state index in [0.29, 0.717) is 17.8 Å². The van der Waals surface area contributed by atoms with Crippen LogP contribution < -0.4 is 5.32 Å². The number of anilines is 1. The molecule has 1 atom stereocenters. The highest BCUT2D eigenvalue weighted by Gasteiger charge is 2.31. The normalized spacial score (nSPS) is 20.5. The third kappa shape index (κ3) is 5.63. The Labute approximate surface area is 196 Å². The van der Waals surface area contributed by atoms with E-state index in [0.717, 1.165) is 63.2 Å². The second-order valence-electron chi connectivity index (χ2n) is 8.98. The van der Waals surface area contributed by atoms with Crippen molar-refractivity contribution in [1.29, 1.82) is 0 Å². The van der Waals surface area contributed by atoms with E-state index in [2.05, 4.69) is 10.2 Å². The molecule has 2 aromatic rings. The maximum absolute atomic E-state index is 13.3. The van der Waals surface area contributed by atoms with E-state index in [-0.39, 0.29) is 16.8 Å². The van der Waals surface area contributed by atoms with Gasteiger partial charge in [-0.25, -0.2) is 8.42 Å². The zero-order valence-electron chi connectivity index (χ0n) is 19.4. The summed E-state index contributed by atoms with van der Waals surface area (Å²) in [5, 5.41) is 2.95. The SMILES string of the molecule is Cc1ccc(S(=O)(=O)N2CCCCC2C)cc1C(=O)Nc1cccc(CN2CCOCC2)c1. The van der Waals surface area contributed by atoms with E-state index in [1.165, 1.54) is 6.07 Å². The molecule has 8 heteroatoms. The van der Waals surface area contributed by atoms with E-state index in [1.54, 1.807) is 16.4 Å². The smallest absolute Gasteiger partial charge is 0.255 e. The number of aryl methyl sites for hydroxylation is 1. The number of benzene rings is 2. The fraction of sp³-hybridized carbons (Fsp3) is 0.480. The van der Waals surface area contributed by atoms with Crippen molar-refractivity contribution < 1.29 is 17.9 Å². The van der Waals surface area contributed by atoms with Crippen LogP contribution in [-0.2, 0) is 21.3 Å². The van der Waals surface area contributed by atoms with Crippen LogP contribution in [0.2, 0.25) is 0 Å². The highest BCUT2D eigenvalue weighted by molar-refractivity contribution is 7.89. The molecule has 0 spiro atoms. The summed E-state index contributed by atoms with van der Waals surface area (Å²) in [5.74, 6) is -0.306. The number of hydrogen-bond donors (Lipinski definition) is 1. The third-order valence-electron chi connectivity index (χ3n) is 6.50. The minimum atomic E-state index is -3.64. The molecule has 0 bridgehead atoms. The van der Waals surface area contributed by atoms with E-state index in [1.807, 2.05) is 38.1 Å². The van der Waals surface area contributed by atoms with Gasteiger partial charge in [-0.15, -0.1) is 0 Å². The molecule has 2 aromatic carbocycles. The summed E-state index contributed by atoms with van der Waals surface area (Å²) in [6, 6.07) is 12.6. The molecule has 178 valence electrons. The molecule has 0 aliphatic carbocycles. The summed E-state index contributed by atoms with van der Waals surface area (Å²) in [5.41, 5.74) is 2.92. The van der Waals surface area contributed by atoms with Gasteiger partial charge in [-0.2, -0.15) is 4.31 Å². The minimum Gasteiger partial charge on any atom is -0.379 e. The Bertz CT molecular complexity index is 1100. The highest BCUT2D eigenvalue weighted by Crippen LogP contribution is 2.27. The van der Waals surface area contributed by atoms with Gasteiger partial charge in [0.05, 0.1) is 18.1 Å². The molecular weight excluding hydrogens is 438 g/mol. The van der Waals surface area contributed by atoms with Crippen molar-refractivity contribution in [2.75, 3.05) is 38.2 Å². The summed E-state index contributed by atoms with van der Waals surface area (Å²) in [6.45, 7) is 8.37. The maximum atomic E-state index is 13.3. The van der Waals surface area contributed by atoms with Gasteiger partial charge in [-0.05, 0) is 62.1 Å². The molecule has 1 N–H and O–H groups in total. The molecule has 2 heterocycles. The van der Waals surface area contributed by atoms with Gasteiger partial charge >= 0.3 is 0 Å². The Balaban J connectivity index is 1.51. The van der Waals surface area contributed by atoms with Gasteiger partial charge in [0.15, 0.2) is 0 Å². The topological polar surface area (TPSA) is 79.0 Å². The summed E-state index contributed by atoms with van der Waals surface area (Å²) in [4.78, 5) is 15.6. The monoisotopic (exact) mass is 471 g/mol. The number of nitrogens with one attached hydrogen (secondary N) is 1. The van der Waals surface area contributed by atoms with Crippen molar-refractivity contribution in [1.82, 2.24) is 9.21 Å². The van der Waals surface area contributed by atoms with Crippen molar-refractivity contribution in [3.05, 3.63) is 59.2 Å². The van der Waals surface area contributed by atoms with Crippen LogP contribution >= 0.6 is 0 Å². The van der Waals surface area contributed by atoms with Crippen molar-refractivity contribution in [3.8, 4) is 0 Å². The molecule has 33 heavy (non-hydrogen) atoms. The first-order valence-corrected chi connectivity index (χ1v) is 13.1. The number of carbonyl (C=O) groups is 1. The van der Waals surface area contributed by atoms with E-state index < -0.39 is 10.0 Å². The average Bonchev–Trinajstić information content (AvgIpc) is 2.80. The quantitative estimate of drug-likeness (QED) is 0.696. The number of sulfonamides is 1. The van der Waals surface area contributed by atoms with Crippen LogP contribution in [0.5, 0.6) is 0 Å². The highest BCUT2D eigenvalue weighted by atomic mass is 32.2. The van der Waals surface area contributed by atoms with Gasteiger partial charge in [0.2, 0.25) is 10.0 Å². The largest absolute Gasteiger partial charge is 0.379 e. The Morgan fingerprint density at radius 1 is 1.09 bits per heavy atom. The average molecular weight is 472 g/mol. The van der Waals surface area contributed by atoms with E-state index in [4.69, 9.17) is 4.74 Å². The lowest BCUT2D eigenvalue weighted by Crippen LogP contribution is -2.42. The van der Waals surface area contributed by atoms with Crippen molar-refractivity contribution in [2.45, 2.75) is 50.6 Å². The van der Waals surface area contributed by atoms with Gasteiger partial charge in [-0.3, -0.25) is 9.69 Å². The first-order chi connectivity index (χ1) is 15.8. The van der Waals surface area contributed by atoms with Gasteiger partial charge < -0.3 is 10.1 Å². The summed E-state index contributed by atoms with van der Waals surface area (Å²) in [6.07, 6.45) is 2.77. The lowest BCUT2D eigenvalue weighted by molar-refractivity contribution is 0.0342. The first-order valence-electron chi connectivity index (χ1n) is 11.7. The fourth-order valence-electron chi connectivity index (χ4n) is 4.53. The first kappa shape index (κ1) is 23.9. The van der Waals surface area contributed by atoms with Gasteiger partial charge in [0.1, 0.15) is 0 Å². The third-order valence-corrected chi connectivity index (χ3v) is 8.51. The number of piperidine rings is 1. The minimum absolute atomic E-state index is 0.0310. The van der Waals surface area contributed by atoms with Crippen LogP contribution in [-0.4, -0.2) is 62.4 Å². The Morgan fingerprint density at radius 2 is 1.88 bits per heavy atom. The zero-order chi connectivity index (χ0) is 23.4. The van der Waals surface area contributed by atoms with Crippen LogP contribution in [0.4, 0.5) is 5.69 Å². The van der Waals surface area contributed by atoms with Gasteiger partial charge in [0, 0.05) is 43.5 Å². The predicted molar refractivity (Wildman–Crippen MR) is 129 cm³/mol. The van der Waals surface area contributed by atoms with Gasteiger partial charge in [-0.1, -0.05) is 24.6 Å². The molecule has 2 saturated heterocycles. The second kappa shape index (κ2) is 10.3. The van der Waals surface area contributed by atoms with Crippen LogP contribution in [0.3, 0.4) is 0 Å². The second-order valence-corrected chi connectivity index (χ2v) is 10.9. The number of hydrogen-bond acceptors (Lipinski definition) is 5. The Morgan fingerprint density at radius 3 is 2.64 bits per heavy atom. The molecule has 1 amide bonds. The van der Waals surface area contributed by atoms with Crippen molar-refractivity contribution in [2.24, 2.45) is 0 Å². The molecule has 7 nitrogen and oxygen atoms in total. The number of amides is 1. The maximum Gasteiger partial charge on any atom is 0.255 e. The van der Waals surface area contributed by atoms with Crippen LogP contribution in [0, 0.1) is 6.92 Å². The number of nitrogens with zero attached hydrogens (tertiary/aromatic N) is 2. The van der Waals surface area contributed by atoms with Gasteiger partial charge in [0.25, 0.3) is 5.91 Å². The van der Waals surface area contributed by atoms with Crippen molar-refractivity contribution in [3.63, 3.8) is 0 Å². The lowest BCUT2D eigenvalue weighted by atomic mass is 10.1. The van der Waals surface area contributed by atoms with Crippen LogP contribution in [0.25, 0.3) is 0 Å². The van der Waals surface area contributed by atoms with Crippen molar-refractivity contribution >= 4 is 21.6 Å². The lowest BCUT2D eigenvalue weighted by Gasteiger charge is -2.32. The molecule has 2 fully saturated rings. The fourth-order valence-corrected chi connectivity index (χ4v) is 6.26. The number of morpholine rings is 1. The van der Waals surface area contributed by atoms with E-state index >= 15 is 0 Å². The Hall–Kier alpha value is -2.26. The van der Waals surface area contributed by atoms with Crippen LogP contribution in [0.15, 0.2) is 47.4 Å². The number of carbonyl (C=O) groups excluding carboxylic acids is 1. The molecule has 1 unspecified atom stereocenters. The molecule has 2 aliphatic rings. The standard InChI is InChI=1S/C25H33N3O4S/c1-19-9-10-23(33(30,31)28-11-4-3-6-20(28)2)17-24(19)25(29)26-22-8-5-7-21(16-22)18-27-12-14-32-15-13-27/h5,7-10,16-17,20H,3-4,6,11-15,18H2,1-2H3,(H,26,29). The summed E-state index contributed by atoms with van der Waals surface area (Å²) >= 11 is 0. The molecule has 4 rings (SSSR count). The molecule has 2 aliphatic heterocycles. The summed E-state index contributed by atoms with van der Waals surface area (Å²) < 4.78 is 33.5. The van der Waals surface area contributed by atoms with E-state index in [9.17, 15) is 13.2 Å². The van der Waals surface area contributed by atoms with Crippen LogP contribution in [0.1, 0.15) is 47.7 Å². The molecule has 0 saturated carbocycles. The molecular formula is C25H33N3O4S. The predicted octanol–water partition coefficient (Wildman–Crippen LogP) is 3.64.